The van der Waals surface area contributed by atoms with Crippen LogP contribution >= 0.6 is 0 Å². The molecule has 5 saturated heterocycles. The van der Waals surface area contributed by atoms with Crippen molar-refractivity contribution in [2.24, 2.45) is 96.2 Å². The number of guanidine groups is 4. The minimum Gasteiger partial charge on any atom is -0.481 e. The van der Waals surface area contributed by atoms with Gasteiger partial charge < -0.3 is 69.3 Å². The smallest absolute Gasteiger partial charge is 0.306 e. The Morgan fingerprint density at radius 3 is 0.750 bits per heavy atom. The average molecular weight is 1230 g/mol. The second kappa shape index (κ2) is 35.7. The second-order valence-corrected chi connectivity index (χ2v) is 27.3. The summed E-state index contributed by atoms with van der Waals surface area (Å²) in [6.07, 6.45) is 20.5. The molecule has 9 fully saturated rings. The van der Waals surface area contributed by atoms with Crippen molar-refractivity contribution in [2.45, 2.75) is 305 Å². The molecule has 5 aliphatic heterocycles. The average Bonchev–Trinajstić information content (AvgIpc) is 1.93. The number of aliphatic carboxylic acids is 1. The fourth-order valence-corrected chi connectivity index (χ4v) is 14.6. The summed E-state index contributed by atoms with van der Waals surface area (Å²) in [6, 6.07) is 1.91. The molecular formula is C61H120N20O2Zn-4. The van der Waals surface area contributed by atoms with Crippen molar-refractivity contribution in [3.63, 3.8) is 0 Å². The zero-order valence-corrected chi connectivity index (χ0v) is 58.0. The number of fused-ring (bicyclic) bond motifs is 20. The predicted molar refractivity (Wildman–Crippen MR) is 345 cm³/mol. The van der Waals surface area contributed by atoms with E-state index in [0.717, 1.165) is 19.3 Å². The molecule has 8 bridgehead atoms. The van der Waals surface area contributed by atoms with Gasteiger partial charge in [0.05, 0.1) is 55.2 Å². The SMILES string of the molecule is CC(C)N=C(N)[N-]C(C)C.CC(C)N=C(N)[N-]C(C)C.CC(C)N=C(N)[N-]C(C)C.CC(C)N=C(N)[N-]C(C)C.O=C(O)C1CCCC2C3NC4NC(NC5NC(NC6NC(NC(N3)C12)C1CCCCC61)C1CCCCC51)C1CCCCC41.[Zn]. The Kier molecular flexibility index (Phi) is 31.2. The van der Waals surface area contributed by atoms with Crippen molar-refractivity contribution in [2.75, 3.05) is 0 Å². The van der Waals surface area contributed by atoms with E-state index in [-0.39, 0.29) is 104 Å². The first-order valence-electron chi connectivity index (χ1n) is 32.7. The molecule has 0 aromatic rings. The number of nitrogens with zero attached hydrogens (tertiary/aromatic N) is 8. The number of carboxylic acid groups (broad SMARTS) is 1. The van der Waals surface area contributed by atoms with Crippen LogP contribution in [0.4, 0.5) is 0 Å². The van der Waals surface area contributed by atoms with E-state index in [1.807, 2.05) is 111 Å². The van der Waals surface area contributed by atoms with E-state index in [2.05, 4.69) is 83.8 Å². The minimum absolute atomic E-state index is 0. The van der Waals surface area contributed by atoms with E-state index >= 15 is 0 Å². The normalized spacial score (nSPS) is 34.8. The van der Waals surface area contributed by atoms with Gasteiger partial charge in [-0.1, -0.05) is 156 Å². The molecule has 17 atom stereocenters. The van der Waals surface area contributed by atoms with Gasteiger partial charge in [0.1, 0.15) is 0 Å². The Bertz CT molecular complexity index is 1920. The summed E-state index contributed by atoms with van der Waals surface area (Å²) in [4.78, 5) is 28.8. The minimum atomic E-state index is -0.607. The van der Waals surface area contributed by atoms with Crippen LogP contribution in [0.2, 0.25) is 0 Å². The summed E-state index contributed by atoms with van der Waals surface area (Å²) in [5, 5.41) is 59.5. The summed E-state index contributed by atoms with van der Waals surface area (Å²) in [6.45, 7) is 31.6. The van der Waals surface area contributed by atoms with Gasteiger partial charge in [-0.2, -0.15) is 0 Å². The number of rotatable bonds is 9. The summed E-state index contributed by atoms with van der Waals surface area (Å²) in [7, 11) is 0. The number of carboxylic acids is 1. The Morgan fingerprint density at radius 1 is 0.345 bits per heavy atom. The first-order valence-corrected chi connectivity index (χ1v) is 32.7. The number of nitrogens with one attached hydrogen (secondary N) is 8. The van der Waals surface area contributed by atoms with E-state index < -0.39 is 5.97 Å². The fraction of sp³-hybridized carbons (Fsp3) is 0.918. The largest absolute Gasteiger partial charge is 0.481 e. The number of nitrogens with two attached hydrogens (primary N) is 4. The van der Waals surface area contributed by atoms with Crippen molar-refractivity contribution in [1.29, 1.82) is 0 Å². The molecule has 482 valence electrons. The van der Waals surface area contributed by atoms with Crippen molar-refractivity contribution in [1.82, 2.24) is 42.5 Å². The maximum absolute atomic E-state index is 12.6. The van der Waals surface area contributed by atoms with Gasteiger partial charge in [0.25, 0.3) is 0 Å². The molecule has 84 heavy (non-hydrogen) atoms. The third-order valence-corrected chi connectivity index (χ3v) is 17.3. The standard InChI is InChI=1S/C33H56N8O2.4C7H16N3.Zn/c42-33(43)23-15-7-14-22-24(23)32-40-30-21-13-6-5-12-20(21)28(38-30)36-26-17-9-2-1-8-16(17)25(34-26)35-27-18-10-3-4-11-19(18)29(37-27)39-31(22)41-32;4*1-5(2)9-7(8)10-6(3)4;/h16-32,34-41H,1-15H2,(H,42,43);4*5-6H,1-4H3,(H2-,8,9,10);/q;4*-1;. The Balaban J connectivity index is 0.000000301. The van der Waals surface area contributed by atoms with Gasteiger partial charge in [-0.15, -0.1) is 0 Å². The summed E-state index contributed by atoms with van der Waals surface area (Å²) in [5.74, 6) is 4.99. The van der Waals surface area contributed by atoms with Crippen LogP contribution in [-0.2, 0) is 24.3 Å². The van der Waals surface area contributed by atoms with Crippen LogP contribution < -0.4 is 65.5 Å². The molecule has 0 radical (unpaired) electrons. The van der Waals surface area contributed by atoms with Gasteiger partial charge in [-0.05, 0) is 141 Å². The molecule has 22 nitrogen and oxygen atoms in total. The van der Waals surface area contributed by atoms with E-state index in [0.29, 0.717) is 89.9 Å². The summed E-state index contributed by atoms with van der Waals surface area (Å²) >= 11 is 0. The molecule has 9 aliphatic rings. The summed E-state index contributed by atoms with van der Waals surface area (Å²) in [5.41, 5.74) is 21.8. The molecule has 0 spiro atoms. The zero-order chi connectivity index (χ0) is 61.2. The van der Waals surface area contributed by atoms with Crippen LogP contribution in [0.15, 0.2) is 20.0 Å². The van der Waals surface area contributed by atoms with Gasteiger partial charge in [0, 0.05) is 49.2 Å². The third-order valence-electron chi connectivity index (χ3n) is 17.3. The number of aliphatic imine (C=N–C) groups is 4. The van der Waals surface area contributed by atoms with E-state index in [1.165, 1.54) is 77.0 Å². The Labute approximate surface area is 521 Å². The molecule has 0 amide bonds. The monoisotopic (exact) mass is 1230 g/mol. The zero-order valence-electron chi connectivity index (χ0n) is 55.0. The molecule has 0 aromatic heterocycles. The number of hydrogen-bond donors (Lipinski definition) is 13. The molecule has 0 aromatic carbocycles. The Morgan fingerprint density at radius 2 is 0.548 bits per heavy atom. The van der Waals surface area contributed by atoms with Gasteiger partial charge >= 0.3 is 5.97 Å². The van der Waals surface area contributed by atoms with Crippen LogP contribution in [-0.4, -0.2) is 133 Å². The van der Waals surface area contributed by atoms with Crippen LogP contribution in [0.5, 0.6) is 0 Å². The molecule has 23 heteroatoms. The van der Waals surface area contributed by atoms with Crippen LogP contribution in [0.25, 0.3) is 21.3 Å². The van der Waals surface area contributed by atoms with Crippen molar-refractivity contribution >= 4 is 29.8 Å². The van der Waals surface area contributed by atoms with E-state index in [1.54, 1.807) is 0 Å². The van der Waals surface area contributed by atoms with Gasteiger partial charge in [0.2, 0.25) is 0 Å². The quantitative estimate of drug-likeness (QED) is 0.0593. The van der Waals surface area contributed by atoms with Gasteiger partial charge in [0.15, 0.2) is 0 Å². The molecule has 17 unspecified atom stereocenters. The number of carbonyl (C=O) groups is 1. The Hall–Kier alpha value is -3.15. The fourth-order valence-electron chi connectivity index (χ4n) is 14.6. The van der Waals surface area contributed by atoms with Crippen molar-refractivity contribution in [3.05, 3.63) is 21.3 Å². The van der Waals surface area contributed by atoms with Crippen LogP contribution in [0.3, 0.4) is 0 Å². The summed E-state index contributed by atoms with van der Waals surface area (Å²) < 4.78 is 0. The molecule has 4 aliphatic carbocycles. The van der Waals surface area contributed by atoms with Crippen molar-refractivity contribution < 1.29 is 29.4 Å². The molecule has 9 rings (SSSR count). The van der Waals surface area contributed by atoms with Crippen LogP contribution in [0, 0.1) is 53.3 Å². The van der Waals surface area contributed by atoms with Crippen LogP contribution in [0.1, 0.15) is 207 Å². The van der Waals surface area contributed by atoms with E-state index in [4.69, 9.17) is 22.9 Å². The predicted octanol–water partition coefficient (Wildman–Crippen LogP) is 7.88. The molecule has 5 heterocycles. The second-order valence-electron chi connectivity index (χ2n) is 27.3. The van der Waals surface area contributed by atoms with Gasteiger partial charge in [-0.3, -0.25) is 47.3 Å². The molecule has 4 saturated carbocycles. The topological polar surface area (TPSA) is 343 Å². The molecular weight excluding hydrogens is 1110 g/mol. The maximum Gasteiger partial charge on any atom is 0.306 e. The first kappa shape index (κ1) is 73.3. The van der Waals surface area contributed by atoms with Gasteiger partial charge in [-0.25, -0.2) is 0 Å². The molecule has 17 N–H and O–H groups in total. The first-order chi connectivity index (χ1) is 39.2. The number of hydrogen-bond acceptors (Lipinski definition) is 13. The maximum atomic E-state index is 12.6. The third kappa shape index (κ3) is 23.1. The van der Waals surface area contributed by atoms with E-state index in [9.17, 15) is 9.90 Å². The van der Waals surface area contributed by atoms with Crippen molar-refractivity contribution in [3.8, 4) is 0 Å².